The predicted molar refractivity (Wildman–Crippen MR) is 74.2 cm³/mol. The Morgan fingerprint density at radius 3 is 2.16 bits per heavy atom. The van der Waals surface area contributed by atoms with Crippen LogP contribution in [0.5, 0.6) is 0 Å². The number of nitrogens with two attached hydrogens (primary N) is 1. The van der Waals surface area contributed by atoms with Gasteiger partial charge in [-0.15, -0.1) is 11.3 Å². The van der Waals surface area contributed by atoms with Crippen molar-refractivity contribution in [2.75, 3.05) is 0 Å². The molecule has 19 heavy (non-hydrogen) atoms. The van der Waals surface area contributed by atoms with Gasteiger partial charge in [-0.2, -0.15) is 0 Å². The van der Waals surface area contributed by atoms with Crippen LogP contribution in [0.1, 0.15) is 43.3 Å². The van der Waals surface area contributed by atoms with Crippen LogP contribution in [0, 0.1) is 11.6 Å². The fourth-order valence-electron chi connectivity index (χ4n) is 1.89. The van der Waals surface area contributed by atoms with Crippen molar-refractivity contribution in [3.8, 4) is 10.6 Å². The van der Waals surface area contributed by atoms with Gasteiger partial charge in [0.25, 0.3) is 0 Å². The molecule has 1 heterocycles. The van der Waals surface area contributed by atoms with Crippen LogP contribution >= 0.6 is 11.3 Å². The Labute approximate surface area is 115 Å². The third-order valence-corrected chi connectivity index (χ3v) is 4.11. The van der Waals surface area contributed by atoms with Gasteiger partial charge in [0.15, 0.2) is 0 Å². The van der Waals surface area contributed by atoms with E-state index in [-0.39, 0.29) is 17.5 Å². The van der Waals surface area contributed by atoms with Crippen LogP contribution in [0.3, 0.4) is 0 Å². The summed E-state index contributed by atoms with van der Waals surface area (Å²) in [7, 11) is 0. The third kappa shape index (κ3) is 2.67. The van der Waals surface area contributed by atoms with E-state index < -0.39 is 11.6 Å². The Hall–Kier alpha value is -1.33. The highest BCUT2D eigenvalue weighted by Gasteiger charge is 2.21. The van der Waals surface area contributed by atoms with E-state index in [0.717, 1.165) is 10.6 Å². The number of aromatic nitrogens is 1. The number of benzene rings is 1. The molecule has 1 aromatic heterocycles. The summed E-state index contributed by atoms with van der Waals surface area (Å²) in [5.74, 6) is -1.03. The van der Waals surface area contributed by atoms with Gasteiger partial charge < -0.3 is 5.73 Å². The molecule has 2 aromatic rings. The Kier molecular flexibility index (Phi) is 3.96. The van der Waals surface area contributed by atoms with Crippen LogP contribution < -0.4 is 5.73 Å². The summed E-state index contributed by atoms with van der Waals surface area (Å²) in [6, 6.07) is 3.62. The van der Waals surface area contributed by atoms with Crippen LogP contribution in [-0.4, -0.2) is 4.98 Å². The quantitative estimate of drug-likeness (QED) is 0.915. The fraction of sp³-hybridized carbons (Fsp3) is 0.357. The van der Waals surface area contributed by atoms with Crippen molar-refractivity contribution in [3.05, 3.63) is 40.4 Å². The van der Waals surface area contributed by atoms with Crippen molar-refractivity contribution in [2.45, 2.75) is 32.7 Å². The fourth-order valence-corrected chi connectivity index (χ4v) is 3.11. The molecule has 0 bridgehead atoms. The maximum Gasteiger partial charge on any atom is 0.136 e. The molecule has 0 aliphatic heterocycles. The summed E-state index contributed by atoms with van der Waals surface area (Å²) < 4.78 is 27.5. The van der Waals surface area contributed by atoms with E-state index in [4.69, 9.17) is 5.73 Å². The van der Waals surface area contributed by atoms with Crippen LogP contribution in [0.2, 0.25) is 0 Å². The first-order valence-electron chi connectivity index (χ1n) is 6.12. The largest absolute Gasteiger partial charge is 0.323 e. The zero-order valence-electron chi connectivity index (χ0n) is 11.1. The lowest BCUT2D eigenvalue weighted by molar-refractivity contribution is 0.589. The monoisotopic (exact) mass is 282 g/mol. The minimum absolute atomic E-state index is 0.0682. The highest BCUT2D eigenvalue weighted by molar-refractivity contribution is 7.15. The molecule has 1 aromatic carbocycles. The SMILES string of the molecule is CC(C)c1nc(-c2c(F)cccc2F)sc1C(C)N. The summed E-state index contributed by atoms with van der Waals surface area (Å²) in [5, 5.41) is 0.353. The number of halogens is 2. The standard InChI is InChI=1S/C14H16F2N2S/c1-7(2)12-13(8(3)17)19-14(18-12)11-9(15)5-4-6-10(11)16/h4-8H,17H2,1-3H3. The topological polar surface area (TPSA) is 38.9 Å². The molecule has 0 amide bonds. The van der Waals surface area contributed by atoms with E-state index in [2.05, 4.69) is 4.98 Å². The predicted octanol–water partition coefficient (Wildman–Crippen LogP) is 4.23. The molecule has 2 N–H and O–H groups in total. The normalized spacial score (nSPS) is 13.0. The average molecular weight is 282 g/mol. The van der Waals surface area contributed by atoms with Crippen molar-refractivity contribution < 1.29 is 8.78 Å². The highest BCUT2D eigenvalue weighted by atomic mass is 32.1. The van der Waals surface area contributed by atoms with Crippen LogP contribution in [0.4, 0.5) is 8.78 Å². The number of hydrogen-bond donors (Lipinski definition) is 1. The van der Waals surface area contributed by atoms with Gasteiger partial charge in [-0.3, -0.25) is 0 Å². The average Bonchev–Trinajstić information content (AvgIpc) is 2.73. The van der Waals surface area contributed by atoms with Gasteiger partial charge in [0.2, 0.25) is 0 Å². The van der Waals surface area contributed by atoms with Gasteiger partial charge in [0, 0.05) is 10.9 Å². The second kappa shape index (κ2) is 5.35. The summed E-state index contributed by atoms with van der Waals surface area (Å²) in [5.41, 5.74) is 6.65. The highest BCUT2D eigenvalue weighted by Crippen LogP contribution is 2.36. The van der Waals surface area contributed by atoms with E-state index in [9.17, 15) is 8.78 Å². The lowest BCUT2D eigenvalue weighted by Gasteiger charge is -2.07. The van der Waals surface area contributed by atoms with Crippen LogP contribution in [0.15, 0.2) is 18.2 Å². The molecule has 1 unspecified atom stereocenters. The molecule has 0 radical (unpaired) electrons. The van der Waals surface area contributed by atoms with Crippen LogP contribution in [-0.2, 0) is 0 Å². The number of rotatable bonds is 3. The van der Waals surface area contributed by atoms with E-state index in [1.54, 1.807) is 0 Å². The summed E-state index contributed by atoms with van der Waals surface area (Å²) in [4.78, 5) is 5.26. The first kappa shape index (κ1) is 14.1. The Balaban J connectivity index is 2.61. The first-order valence-corrected chi connectivity index (χ1v) is 6.94. The van der Waals surface area contributed by atoms with Crippen molar-refractivity contribution in [1.29, 1.82) is 0 Å². The van der Waals surface area contributed by atoms with Crippen molar-refractivity contribution in [2.24, 2.45) is 5.73 Å². The number of hydrogen-bond acceptors (Lipinski definition) is 3. The van der Waals surface area contributed by atoms with Gasteiger partial charge >= 0.3 is 0 Å². The van der Waals surface area contributed by atoms with Crippen molar-refractivity contribution in [3.63, 3.8) is 0 Å². The maximum atomic E-state index is 13.8. The summed E-state index contributed by atoms with van der Waals surface area (Å²) in [6.07, 6.45) is 0. The van der Waals surface area contributed by atoms with E-state index in [1.807, 2.05) is 20.8 Å². The van der Waals surface area contributed by atoms with Gasteiger partial charge in [-0.25, -0.2) is 13.8 Å². The summed E-state index contributed by atoms with van der Waals surface area (Å²) >= 11 is 1.26. The molecule has 102 valence electrons. The molecule has 1 atom stereocenters. The molecule has 0 saturated carbocycles. The van der Waals surface area contributed by atoms with Gasteiger partial charge in [-0.05, 0) is 25.0 Å². The Morgan fingerprint density at radius 2 is 1.74 bits per heavy atom. The van der Waals surface area contributed by atoms with E-state index in [0.29, 0.717) is 5.01 Å². The minimum atomic E-state index is -0.597. The molecular weight excluding hydrogens is 266 g/mol. The Bertz CT molecular complexity index is 545. The maximum absolute atomic E-state index is 13.8. The second-order valence-corrected chi connectivity index (χ2v) is 5.84. The number of nitrogens with zero attached hydrogens (tertiary/aromatic N) is 1. The lowest BCUT2D eigenvalue weighted by atomic mass is 10.1. The molecule has 2 rings (SSSR count). The van der Waals surface area contributed by atoms with Crippen LogP contribution in [0.25, 0.3) is 10.6 Å². The second-order valence-electron chi connectivity index (χ2n) is 4.81. The lowest BCUT2D eigenvalue weighted by Crippen LogP contribution is -2.06. The molecule has 0 spiro atoms. The van der Waals surface area contributed by atoms with E-state index >= 15 is 0 Å². The Morgan fingerprint density at radius 1 is 1.16 bits per heavy atom. The molecule has 0 aliphatic rings. The molecular formula is C14H16F2N2S. The van der Waals surface area contributed by atoms with Gasteiger partial charge in [0.1, 0.15) is 16.6 Å². The molecule has 0 saturated heterocycles. The van der Waals surface area contributed by atoms with Crippen molar-refractivity contribution >= 4 is 11.3 Å². The summed E-state index contributed by atoms with van der Waals surface area (Å²) in [6.45, 7) is 5.83. The van der Waals surface area contributed by atoms with E-state index in [1.165, 1.54) is 29.5 Å². The zero-order valence-corrected chi connectivity index (χ0v) is 11.9. The number of thiazole rings is 1. The molecule has 5 heteroatoms. The third-order valence-electron chi connectivity index (χ3n) is 2.82. The van der Waals surface area contributed by atoms with Crippen molar-refractivity contribution in [1.82, 2.24) is 4.98 Å². The van der Waals surface area contributed by atoms with Gasteiger partial charge in [0.05, 0.1) is 11.3 Å². The first-order chi connectivity index (χ1) is 8.91. The minimum Gasteiger partial charge on any atom is -0.323 e. The molecule has 0 aliphatic carbocycles. The molecule has 0 fully saturated rings. The van der Waals surface area contributed by atoms with Gasteiger partial charge in [-0.1, -0.05) is 19.9 Å². The smallest absolute Gasteiger partial charge is 0.136 e. The zero-order chi connectivity index (χ0) is 14.2. The molecule has 2 nitrogen and oxygen atoms in total.